The second-order valence-electron chi connectivity index (χ2n) is 4.37. The molecule has 2 N–H and O–H groups in total. The number of nitrogens with zero attached hydrogens (tertiary/aromatic N) is 4. The summed E-state index contributed by atoms with van der Waals surface area (Å²) in [6, 6.07) is 2.45. The lowest BCUT2D eigenvalue weighted by molar-refractivity contribution is -0.142. The predicted molar refractivity (Wildman–Crippen MR) is 70.0 cm³/mol. The van der Waals surface area contributed by atoms with E-state index in [9.17, 15) is 9.59 Å². The largest absolute Gasteiger partial charge is 0.480 e. The van der Waals surface area contributed by atoms with Crippen LogP contribution in [0, 0.1) is 0 Å². The molecule has 0 aliphatic carbocycles. The summed E-state index contributed by atoms with van der Waals surface area (Å²) in [4.78, 5) is 23.8. The Labute approximate surface area is 119 Å². The van der Waals surface area contributed by atoms with Crippen molar-refractivity contribution in [3.05, 3.63) is 18.4 Å². The van der Waals surface area contributed by atoms with Gasteiger partial charge in [-0.25, -0.2) is 4.79 Å². The second kappa shape index (κ2) is 6.64. The molecule has 0 saturated heterocycles. The number of hydrogen-bond donors (Lipinski definition) is 2. The summed E-state index contributed by atoms with van der Waals surface area (Å²) < 4.78 is 5.11. The van der Waals surface area contributed by atoms with Crippen LogP contribution in [0.15, 0.2) is 22.8 Å². The molecule has 112 valence electrons. The van der Waals surface area contributed by atoms with Crippen LogP contribution in [0.4, 0.5) is 0 Å². The molecule has 0 unspecified atom stereocenters. The molecule has 2 rings (SSSR count). The third-order valence-corrected chi connectivity index (χ3v) is 2.69. The minimum atomic E-state index is -1.06. The lowest BCUT2D eigenvalue weighted by atomic mass is 10.2. The molecule has 9 heteroatoms. The highest BCUT2D eigenvalue weighted by Gasteiger charge is 2.19. The summed E-state index contributed by atoms with van der Waals surface area (Å²) >= 11 is 0. The standard InChI is InChI=1S/C12H15N5O4/c1-2-4-8(12(19)20)13-10(18)7-17-15-11(14-16-17)9-5-3-6-21-9/h3,5-6,8H,2,4,7H2,1H3,(H,13,18)(H,19,20)/t8-/m1/s1. The first-order valence-corrected chi connectivity index (χ1v) is 6.44. The first-order valence-electron chi connectivity index (χ1n) is 6.44. The Morgan fingerprint density at radius 2 is 2.33 bits per heavy atom. The van der Waals surface area contributed by atoms with E-state index in [0.717, 1.165) is 4.80 Å². The third-order valence-electron chi connectivity index (χ3n) is 2.69. The maximum absolute atomic E-state index is 11.8. The Hall–Kier alpha value is -2.71. The number of carbonyl (C=O) groups excluding carboxylic acids is 1. The molecule has 2 aromatic rings. The number of aliphatic carboxylic acids is 1. The normalized spacial score (nSPS) is 12.0. The molecule has 0 saturated carbocycles. The monoisotopic (exact) mass is 293 g/mol. The van der Waals surface area contributed by atoms with Gasteiger partial charge in [-0.15, -0.1) is 10.2 Å². The summed E-state index contributed by atoms with van der Waals surface area (Å²) in [5, 5.41) is 22.8. The number of aromatic nitrogens is 4. The molecule has 9 nitrogen and oxygen atoms in total. The van der Waals surface area contributed by atoms with Gasteiger partial charge in [-0.3, -0.25) is 4.79 Å². The average Bonchev–Trinajstić information content (AvgIpc) is 3.08. The molecular weight excluding hydrogens is 278 g/mol. The lowest BCUT2D eigenvalue weighted by Crippen LogP contribution is -2.42. The zero-order valence-corrected chi connectivity index (χ0v) is 11.4. The van der Waals surface area contributed by atoms with Gasteiger partial charge in [-0.2, -0.15) is 4.80 Å². The van der Waals surface area contributed by atoms with E-state index < -0.39 is 17.9 Å². The van der Waals surface area contributed by atoms with Crippen LogP contribution < -0.4 is 5.32 Å². The van der Waals surface area contributed by atoms with E-state index in [1.54, 1.807) is 12.1 Å². The number of tetrazole rings is 1. The van der Waals surface area contributed by atoms with Crippen molar-refractivity contribution in [2.24, 2.45) is 0 Å². The van der Waals surface area contributed by atoms with Crippen molar-refractivity contribution < 1.29 is 19.1 Å². The molecule has 0 bridgehead atoms. The molecular formula is C12H15N5O4. The maximum atomic E-state index is 11.8. The summed E-state index contributed by atoms with van der Waals surface area (Å²) in [6.45, 7) is 1.64. The van der Waals surface area contributed by atoms with Crippen molar-refractivity contribution >= 4 is 11.9 Å². The molecule has 1 amide bonds. The third kappa shape index (κ3) is 3.88. The minimum absolute atomic E-state index is 0.207. The number of carboxylic acids is 1. The molecule has 2 heterocycles. The molecule has 0 aliphatic heterocycles. The quantitative estimate of drug-likeness (QED) is 0.752. The topological polar surface area (TPSA) is 123 Å². The maximum Gasteiger partial charge on any atom is 0.326 e. The number of carboxylic acid groups (broad SMARTS) is 1. The van der Waals surface area contributed by atoms with Crippen molar-refractivity contribution in [1.82, 2.24) is 25.5 Å². The fraction of sp³-hybridized carbons (Fsp3) is 0.417. The smallest absolute Gasteiger partial charge is 0.326 e. The molecule has 0 radical (unpaired) electrons. The highest BCUT2D eigenvalue weighted by Crippen LogP contribution is 2.12. The van der Waals surface area contributed by atoms with E-state index in [1.165, 1.54) is 6.26 Å². The second-order valence-corrected chi connectivity index (χ2v) is 4.37. The van der Waals surface area contributed by atoms with Gasteiger partial charge in [0.2, 0.25) is 11.7 Å². The van der Waals surface area contributed by atoms with Gasteiger partial charge < -0.3 is 14.8 Å². The van der Waals surface area contributed by atoms with Crippen molar-refractivity contribution in [2.75, 3.05) is 0 Å². The molecule has 0 aromatic carbocycles. The molecule has 0 fully saturated rings. The van der Waals surface area contributed by atoms with E-state index in [2.05, 4.69) is 20.7 Å². The van der Waals surface area contributed by atoms with Crippen LogP contribution in [0.3, 0.4) is 0 Å². The van der Waals surface area contributed by atoms with Crippen molar-refractivity contribution in [3.8, 4) is 11.6 Å². The van der Waals surface area contributed by atoms with E-state index in [0.29, 0.717) is 18.6 Å². The van der Waals surface area contributed by atoms with E-state index in [1.807, 2.05) is 6.92 Å². The van der Waals surface area contributed by atoms with E-state index in [4.69, 9.17) is 9.52 Å². The fourth-order valence-electron chi connectivity index (χ4n) is 1.73. The zero-order valence-electron chi connectivity index (χ0n) is 11.4. The zero-order chi connectivity index (χ0) is 15.2. The van der Waals surface area contributed by atoms with Crippen molar-refractivity contribution in [1.29, 1.82) is 0 Å². The van der Waals surface area contributed by atoms with Gasteiger partial charge in [-0.1, -0.05) is 13.3 Å². The average molecular weight is 293 g/mol. The van der Waals surface area contributed by atoms with Crippen LogP contribution >= 0.6 is 0 Å². The van der Waals surface area contributed by atoms with Gasteiger partial charge in [0, 0.05) is 0 Å². The highest BCUT2D eigenvalue weighted by atomic mass is 16.4. The highest BCUT2D eigenvalue weighted by molar-refractivity contribution is 5.83. The number of rotatable bonds is 7. The molecule has 21 heavy (non-hydrogen) atoms. The minimum Gasteiger partial charge on any atom is -0.480 e. The van der Waals surface area contributed by atoms with Crippen molar-refractivity contribution in [3.63, 3.8) is 0 Å². The van der Waals surface area contributed by atoms with Crippen LogP contribution in [0.25, 0.3) is 11.6 Å². The van der Waals surface area contributed by atoms with Gasteiger partial charge >= 0.3 is 5.97 Å². The molecule has 0 spiro atoms. The number of furan rings is 1. The lowest BCUT2D eigenvalue weighted by Gasteiger charge is -2.12. The molecule has 0 aliphatic rings. The summed E-state index contributed by atoms with van der Waals surface area (Å²) in [7, 11) is 0. The molecule has 1 atom stereocenters. The number of nitrogens with one attached hydrogen (secondary N) is 1. The predicted octanol–water partition coefficient (Wildman–Crippen LogP) is 0.303. The van der Waals surface area contributed by atoms with Crippen LogP contribution in [0.2, 0.25) is 0 Å². The Kier molecular flexibility index (Phi) is 4.64. The van der Waals surface area contributed by atoms with Crippen molar-refractivity contribution in [2.45, 2.75) is 32.4 Å². The van der Waals surface area contributed by atoms with Crippen LogP contribution in [-0.4, -0.2) is 43.2 Å². The van der Waals surface area contributed by atoms with Gasteiger partial charge in [0.1, 0.15) is 12.6 Å². The van der Waals surface area contributed by atoms with E-state index in [-0.39, 0.29) is 12.4 Å². The Balaban J connectivity index is 1.95. The number of hydrogen-bond acceptors (Lipinski definition) is 6. The van der Waals surface area contributed by atoms with Crippen LogP contribution in [0.5, 0.6) is 0 Å². The summed E-state index contributed by atoms with van der Waals surface area (Å²) in [6.07, 6.45) is 2.50. The first kappa shape index (κ1) is 14.7. The number of amides is 1. The Bertz CT molecular complexity index is 607. The van der Waals surface area contributed by atoms with Gasteiger partial charge in [0.05, 0.1) is 6.26 Å². The summed E-state index contributed by atoms with van der Waals surface area (Å²) in [5.41, 5.74) is 0. The SMILES string of the molecule is CCC[C@@H](NC(=O)Cn1nnc(-c2ccco2)n1)C(=O)O. The van der Waals surface area contributed by atoms with E-state index >= 15 is 0 Å². The van der Waals surface area contributed by atoms with Gasteiger partial charge in [-0.05, 0) is 23.8 Å². The first-order chi connectivity index (χ1) is 10.1. The van der Waals surface area contributed by atoms with Gasteiger partial charge in [0.25, 0.3) is 0 Å². The number of carbonyl (C=O) groups is 2. The van der Waals surface area contributed by atoms with Crippen LogP contribution in [0.1, 0.15) is 19.8 Å². The Morgan fingerprint density at radius 3 is 2.95 bits per heavy atom. The van der Waals surface area contributed by atoms with Crippen LogP contribution in [-0.2, 0) is 16.1 Å². The fourth-order valence-corrected chi connectivity index (χ4v) is 1.73. The Morgan fingerprint density at radius 1 is 1.52 bits per heavy atom. The van der Waals surface area contributed by atoms with Gasteiger partial charge in [0.15, 0.2) is 5.76 Å². The molecule has 2 aromatic heterocycles. The summed E-state index contributed by atoms with van der Waals surface area (Å²) in [5.74, 6) is -0.848.